The third-order valence-corrected chi connectivity index (χ3v) is 3.47. The molecule has 2 rings (SSSR count). The third kappa shape index (κ3) is 5.04. The second-order valence-corrected chi connectivity index (χ2v) is 5.18. The number of nitrogens with zero attached hydrogens (tertiary/aromatic N) is 1. The van der Waals surface area contributed by atoms with Crippen LogP contribution >= 0.6 is 0 Å². The zero-order valence-electron chi connectivity index (χ0n) is 11.6. The predicted octanol–water partition coefficient (Wildman–Crippen LogP) is 3.15. The van der Waals surface area contributed by atoms with Crippen molar-refractivity contribution in [3.63, 3.8) is 0 Å². The van der Waals surface area contributed by atoms with Crippen molar-refractivity contribution in [3.05, 3.63) is 35.9 Å². The number of ether oxygens (including phenoxy) is 1. The summed E-state index contributed by atoms with van der Waals surface area (Å²) in [5.74, 6) is -0.266. The molecule has 1 amide bonds. The molecule has 1 aliphatic heterocycles. The van der Waals surface area contributed by atoms with Crippen molar-refractivity contribution in [1.82, 2.24) is 4.90 Å². The molecule has 1 atom stereocenters. The summed E-state index contributed by atoms with van der Waals surface area (Å²) in [6, 6.07) is 9.58. The van der Waals surface area contributed by atoms with Gasteiger partial charge in [0.15, 0.2) is 0 Å². The van der Waals surface area contributed by atoms with E-state index in [1.165, 1.54) is 0 Å². The van der Waals surface area contributed by atoms with Gasteiger partial charge in [-0.25, -0.2) is 0 Å². The van der Waals surface area contributed by atoms with Gasteiger partial charge in [-0.1, -0.05) is 30.3 Å². The molecule has 0 spiro atoms. The molecular formula is C15H18F3NO2. The van der Waals surface area contributed by atoms with Gasteiger partial charge in [-0.15, -0.1) is 0 Å². The minimum Gasteiger partial charge on any atom is -0.359 e. The van der Waals surface area contributed by atoms with Crippen LogP contribution in [-0.2, 0) is 16.0 Å². The van der Waals surface area contributed by atoms with E-state index in [1.807, 2.05) is 30.3 Å². The van der Waals surface area contributed by atoms with Crippen LogP contribution in [0.4, 0.5) is 13.2 Å². The molecule has 0 saturated carbocycles. The molecule has 1 saturated heterocycles. The van der Waals surface area contributed by atoms with Crippen LogP contribution in [-0.4, -0.2) is 36.4 Å². The summed E-state index contributed by atoms with van der Waals surface area (Å²) >= 11 is 0. The maximum absolute atomic E-state index is 12.1. The maximum Gasteiger partial charge on any atom is 0.389 e. The van der Waals surface area contributed by atoms with E-state index < -0.39 is 12.6 Å². The maximum atomic E-state index is 12.1. The molecule has 0 bridgehead atoms. The van der Waals surface area contributed by atoms with Crippen molar-refractivity contribution in [2.45, 2.75) is 37.9 Å². The molecule has 21 heavy (non-hydrogen) atoms. The summed E-state index contributed by atoms with van der Waals surface area (Å²) in [6.45, 7) is 0.599. The van der Waals surface area contributed by atoms with Crippen LogP contribution in [0.3, 0.4) is 0 Å². The van der Waals surface area contributed by atoms with E-state index >= 15 is 0 Å². The van der Waals surface area contributed by atoms with Gasteiger partial charge in [-0.2, -0.15) is 13.2 Å². The third-order valence-electron chi connectivity index (χ3n) is 3.47. The molecular weight excluding hydrogens is 283 g/mol. The number of carbonyl (C=O) groups is 1. The fourth-order valence-electron chi connectivity index (χ4n) is 2.40. The van der Waals surface area contributed by atoms with Gasteiger partial charge in [0, 0.05) is 12.8 Å². The molecule has 1 aromatic rings. The van der Waals surface area contributed by atoms with Crippen molar-refractivity contribution < 1.29 is 22.7 Å². The summed E-state index contributed by atoms with van der Waals surface area (Å²) in [6.07, 6.45) is -4.72. The van der Waals surface area contributed by atoms with E-state index in [9.17, 15) is 18.0 Å². The summed E-state index contributed by atoms with van der Waals surface area (Å²) in [4.78, 5) is 13.6. The molecule has 6 heteroatoms. The zero-order chi connectivity index (χ0) is 15.3. The Morgan fingerprint density at radius 3 is 2.67 bits per heavy atom. The quantitative estimate of drug-likeness (QED) is 0.836. The number of amides is 1. The monoisotopic (exact) mass is 301 g/mol. The largest absolute Gasteiger partial charge is 0.389 e. The average Bonchev–Trinajstić information content (AvgIpc) is 2.86. The Bertz CT molecular complexity index is 462. The molecule has 1 aliphatic rings. The molecule has 0 aliphatic carbocycles. The molecule has 0 unspecified atom stereocenters. The normalized spacial score (nSPS) is 19.0. The van der Waals surface area contributed by atoms with Gasteiger partial charge in [0.05, 0.1) is 12.6 Å². The first-order chi connectivity index (χ1) is 9.96. The van der Waals surface area contributed by atoms with Crippen molar-refractivity contribution in [1.29, 1.82) is 0 Å². The van der Waals surface area contributed by atoms with Crippen LogP contribution in [0.5, 0.6) is 0 Å². The molecule has 1 aromatic carbocycles. The predicted molar refractivity (Wildman–Crippen MR) is 71.5 cm³/mol. The molecule has 0 aromatic heterocycles. The highest BCUT2D eigenvalue weighted by molar-refractivity contribution is 5.76. The van der Waals surface area contributed by atoms with E-state index in [-0.39, 0.29) is 31.5 Å². The van der Waals surface area contributed by atoms with Crippen LogP contribution in [0.15, 0.2) is 30.3 Å². The number of carbonyl (C=O) groups excluding carboxylic acids is 1. The number of alkyl halides is 3. The SMILES string of the molecule is O=C(CCCC(F)(F)F)N1COC[C@@H]1Cc1ccccc1. The van der Waals surface area contributed by atoms with Crippen molar-refractivity contribution in [2.24, 2.45) is 0 Å². The lowest BCUT2D eigenvalue weighted by Crippen LogP contribution is -2.38. The Labute approximate surface area is 121 Å². The molecule has 116 valence electrons. The fourth-order valence-corrected chi connectivity index (χ4v) is 2.40. The lowest BCUT2D eigenvalue weighted by atomic mass is 10.1. The van der Waals surface area contributed by atoms with Crippen LogP contribution in [0, 0.1) is 0 Å². The molecule has 0 N–H and O–H groups in total. The Hall–Kier alpha value is -1.56. The van der Waals surface area contributed by atoms with Gasteiger partial charge in [0.2, 0.25) is 5.91 Å². The summed E-state index contributed by atoms with van der Waals surface area (Å²) in [5.41, 5.74) is 1.08. The lowest BCUT2D eigenvalue weighted by Gasteiger charge is -2.22. The summed E-state index contributed by atoms with van der Waals surface area (Å²) in [5, 5.41) is 0. The van der Waals surface area contributed by atoms with Crippen LogP contribution < -0.4 is 0 Å². The number of hydrogen-bond acceptors (Lipinski definition) is 2. The Kier molecular flexibility index (Phi) is 5.22. The Morgan fingerprint density at radius 2 is 2.00 bits per heavy atom. The summed E-state index contributed by atoms with van der Waals surface area (Å²) in [7, 11) is 0. The van der Waals surface area contributed by atoms with Crippen molar-refractivity contribution in [3.8, 4) is 0 Å². The van der Waals surface area contributed by atoms with Gasteiger partial charge in [0.25, 0.3) is 0 Å². The van der Waals surface area contributed by atoms with E-state index in [1.54, 1.807) is 4.90 Å². The van der Waals surface area contributed by atoms with Gasteiger partial charge in [-0.05, 0) is 18.4 Å². The second-order valence-electron chi connectivity index (χ2n) is 5.18. The molecule has 3 nitrogen and oxygen atoms in total. The average molecular weight is 301 g/mol. The van der Waals surface area contributed by atoms with E-state index in [4.69, 9.17) is 4.74 Å². The number of hydrogen-bond donors (Lipinski definition) is 0. The number of rotatable bonds is 5. The number of benzene rings is 1. The first kappa shape index (κ1) is 15.8. The van der Waals surface area contributed by atoms with Gasteiger partial charge in [-0.3, -0.25) is 4.79 Å². The van der Waals surface area contributed by atoms with E-state index in [0.29, 0.717) is 13.0 Å². The molecule has 1 heterocycles. The van der Waals surface area contributed by atoms with Crippen LogP contribution in [0.1, 0.15) is 24.8 Å². The first-order valence-corrected chi connectivity index (χ1v) is 6.93. The highest BCUT2D eigenvalue weighted by Gasteiger charge is 2.31. The standard InChI is InChI=1S/C15H18F3NO2/c16-15(17,18)8-4-7-14(20)19-11-21-10-13(19)9-12-5-2-1-3-6-12/h1-3,5-6,13H,4,7-11H2/t13-/m0/s1. The second kappa shape index (κ2) is 6.93. The van der Waals surface area contributed by atoms with Crippen molar-refractivity contribution >= 4 is 5.91 Å². The highest BCUT2D eigenvalue weighted by atomic mass is 19.4. The van der Waals surface area contributed by atoms with E-state index in [2.05, 4.69) is 0 Å². The van der Waals surface area contributed by atoms with E-state index in [0.717, 1.165) is 5.56 Å². The molecule has 1 fully saturated rings. The van der Waals surface area contributed by atoms with Gasteiger partial charge in [0.1, 0.15) is 6.73 Å². The highest BCUT2D eigenvalue weighted by Crippen LogP contribution is 2.23. The van der Waals surface area contributed by atoms with Crippen LogP contribution in [0.25, 0.3) is 0 Å². The first-order valence-electron chi connectivity index (χ1n) is 6.93. The Morgan fingerprint density at radius 1 is 1.29 bits per heavy atom. The van der Waals surface area contributed by atoms with Crippen LogP contribution in [0.2, 0.25) is 0 Å². The number of halogens is 3. The van der Waals surface area contributed by atoms with Crippen molar-refractivity contribution in [2.75, 3.05) is 13.3 Å². The minimum absolute atomic E-state index is 0.0891. The van der Waals surface area contributed by atoms with Gasteiger partial charge < -0.3 is 9.64 Å². The fraction of sp³-hybridized carbons (Fsp3) is 0.533. The minimum atomic E-state index is -4.20. The lowest BCUT2D eigenvalue weighted by molar-refractivity contribution is -0.140. The molecule has 0 radical (unpaired) electrons. The Balaban J connectivity index is 1.85. The summed E-state index contributed by atoms with van der Waals surface area (Å²) < 4.78 is 41.6. The zero-order valence-corrected chi connectivity index (χ0v) is 11.6. The topological polar surface area (TPSA) is 29.5 Å². The smallest absolute Gasteiger partial charge is 0.359 e. The van der Waals surface area contributed by atoms with Gasteiger partial charge >= 0.3 is 6.18 Å².